The number of rotatable bonds is 1. The van der Waals surface area contributed by atoms with E-state index >= 15 is 0 Å². The third-order valence-electron chi connectivity index (χ3n) is 3.22. The van der Waals surface area contributed by atoms with E-state index in [1.165, 1.54) is 23.9 Å². The van der Waals surface area contributed by atoms with Crippen LogP contribution in [-0.2, 0) is 9.84 Å². The molecule has 18 heavy (non-hydrogen) atoms. The predicted octanol–water partition coefficient (Wildman–Crippen LogP) is 0.697. The van der Waals surface area contributed by atoms with E-state index < -0.39 is 9.84 Å². The zero-order valence-electron chi connectivity index (χ0n) is 9.41. The number of hydrogen-bond donors (Lipinski definition) is 1. The SMILES string of the molecule is NC1=[N+](c2ccc(F)cc2)C2CS(=O)(=O)CC2S1. The van der Waals surface area contributed by atoms with Crippen molar-refractivity contribution >= 4 is 32.5 Å². The molecule has 0 aliphatic carbocycles. The largest absolute Gasteiger partial charge is 0.310 e. The van der Waals surface area contributed by atoms with E-state index in [4.69, 9.17) is 5.73 Å². The summed E-state index contributed by atoms with van der Waals surface area (Å²) in [6.07, 6.45) is 0. The second kappa shape index (κ2) is 3.96. The molecule has 1 saturated heterocycles. The molecule has 2 aliphatic rings. The summed E-state index contributed by atoms with van der Waals surface area (Å²) in [5.41, 5.74) is 6.69. The molecule has 1 aromatic rings. The molecule has 0 bridgehead atoms. The lowest BCUT2D eigenvalue weighted by molar-refractivity contribution is -0.470. The van der Waals surface area contributed by atoms with E-state index in [0.717, 1.165) is 5.69 Å². The fourth-order valence-corrected chi connectivity index (χ4v) is 6.26. The zero-order valence-corrected chi connectivity index (χ0v) is 11.0. The molecular weight excluding hydrogens is 275 g/mol. The van der Waals surface area contributed by atoms with Crippen LogP contribution in [0.1, 0.15) is 0 Å². The van der Waals surface area contributed by atoms with Gasteiger partial charge in [-0.15, -0.1) is 0 Å². The fraction of sp³-hybridized carbons (Fsp3) is 0.364. The van der Waals surface area contributed by atoms with Crippen LogP contribution in [0, 0.1) is 5.82 Å². The maximum absolute atomic E-state index is 12.9. The molecule has 0 saturated carbocycles. The summed E-state index contributed by atoms with van der Waals surface area (Å²) in [5, 5.41) is 0.576. The van der Waals surface area contributed by atoms with E-state index in [1.54, 1.807) is 16.7 Å². The van der Waals surface area contributed by atoms with Crippen molar-refractivity contribution in [2.45, 2.75) is 11.3 Å². The highest BCUT2D eigenvalue weighted by atomic mass is 32.2. The Bertz CT molecular complexity index is 625. The van der Waals surface area contributed by atoms with Gasteiger partial charge in [0.1, 0.15) is 17.5 Å². The lowest BCUT2D eigenvalue weighted by Gasteiger charge is -2.10. The van der Waals surface area contributed by atoms with E-state index in [0.29, 0.717) is 5.17 Å². The van der Waals surface area contributed by atoms with Gasteiger partial charge >= 0.3 is 5.17 Å². The Morgan fingerprint density at radius 3 is 2.61 bits per heavy atom. The van der Waals surface area contributed by atoms with Crippen LogP contribution >= 0.6 is 11.8 Å². The third kappa shape index (κ3) is 1.91. The molecule has 2 aliphatic heterocycles. The normalized spacial score (nSPS) is 29.6. The molecule has 0 radical (unpaired) electrons. The van der Waals surface area contributed by atoms with E-state index in [1.807, 2.05) is 0 Å². The van der Waals surface area contributed by atoms with Crippen LogP contribution < -0.4 is 5.73 Å². The van der Waals surface area contributed by atoms with Crippen LogP contribution in [0.3, 0.4) is 0 Å². The van der Waals surface area contributed by atoms with Gasteiger partial charge in [0.15, 0.2) is 9.84 Å². The number of halogens is 1. The summed E-state index contributed by atoms with van der Waals surface area (Å²) >= 11 is 1.39. The quantitative estimate of drug-likeness (QED) is 0.772. The molecule has 0 spiro atoms. The van der Waals surface area contributed by atoms with Gasteiger partial charge in [0.05, 0.1) is 16.8 Å². The minimum Gasteiger partial charge on any atom is -0.281 e. The third-order valence-corrected chi connectivity index (χ3v) is 6.37. The second-order valence-corrected chi connectivity index (χ2v) is 7.90. The lowest BCUT2D eigenvalue weighted by atomic mass is 10.2. The first kappa shape index (κ1) is 12.0. The standard InChI is InChI=1S/C11H11FN2O2S2/c12-7-1-3-8(4-2-7)14-9-5-18(15,16)6-10(9)17-11(14)13/h1-4,9-10,13H,5-6H2/p+1. The number of thioether (sulfide) groups is 1. The van der Waals surface area contributed by atoms with Crippen molar-refractivity contribution in [1.82, 2.24) is 0 Å². The number of nitrogens with two attached hydrogens (primary N) is 1. The van der Waals surface area contributed by atoms with Crippen molar-refractivity contribution in [3.63, 3.8) is 0 Å². The maximum Gasteiger partial charge on any atom is 0.310 e. The first-order valence-corrected chi connectivity index (χ1v) is 8.21. The minimum absolute atomic E-state index is 0.0138. The van der Waals surface area contributed by atoms with Crippen molar-refractivity contribution in [3.8, 4) is 0 Å². The highest BCUT2D eigenvalue weighted by molar-refractivity contribution is 8.15. The smallest absolute Gasteiger partial charge is 0.281 e. The molecule has 1 aromatic carbocycles. The molecule has 7 heteroatoms. The van der Waals surface area contributed by atoms with Crippen molar-refractivity contribution in [1.29, 1.82) is 0 Å². The van der Waals surface area contributed by atoms with Crippen LogP contribution in [0.25, 0.3) is 0 Å². The zero-order chi connectivity index (χ0) is 12.9. The molecule has 2 heterocycles. The molecule has 0 amide bonds. The Kier molecular flexibility index (Phi) is 2.63. The topological polar surface area (TPSA) is 63.2 Å². The minimum atomic E-state index is -2.98. The van der Waals surface area contributed by atoms with Crippen molar-refractivity contribution in [3.05, 3.63) is 30.1 Å². The highest BCUT2D eigenvalue weighted by Gasteiger charge is 2.49. The molecule has 2 atom stereocenters. The molecule has 0 aromatic heterocycles. The number of amidine groups is 1. The van der Waals surface area contributed by atoms with Crippen LogP contribution in [0.4, 0.5) is 10.1 Å². The molecule has 2 unspecified atom stereocenters. The summed E-state index contributed by atoms with van der Waals surface area (Å²) in [6, 6.07) is 5.81. The Morgan fingerprint density at radius 2 is 1.94 bits per heavy atom. The molecule has 1 fully saturated rings. The predicted molar refractivity (Wildman–Crippen MR) is 69.3 cm³/mol. The number of hydrogen-bond acceptors (Lipinski definition) is 4. The Balaban J connectivity index is 2.01. The Labute approximate surface area is 109 Å². The first-order valence-electron chi connectivity index (χ1n) is 5.50. The van der Waals surface area contributed by atoms with Crippen LogP contribution in [-0.4, -0.2) is 41.0 Å². The van der Waals surface area contributed by atoms with Crippen LogP contribution in [0.2, 0.25) is 0 Å². The van der Waals surface area contributed by atoms with Gasteiger partial charge < -0.3 is 0 Å². The monoisotopic (exact) mass is 287 g/mol. The van der Waals surface area contributed by atoms with Gasteiger partial charge in [-0.1, -0.05) is 0 Å². The van der Waals surface area contributed by atoms with Crippen molar-refractivity contribution < 1.29 is 17.4 Å². The average Bonchev–Trinajstić information content (AvgIpc) is 2.70. The summed E-state index contributed by atoms with van der Waals surface area (Å²) in [7, 11) is -2.98. The summed E-state index contributed by atoms with van der Waals surface area (Å²) in [4.78, 5) is 0. The van der Waals surface area contributed by atoms with Crippen LogP contribution in [0.5, 0.6) is 0 Å². The van der Waals surface area contributed by atoms with Gasteiger partial charge in [0.2, 0.25) is 0 Å². The Morgan fingerprint density at radius 1 is 1.28 bits per heavy atom. The molecular formula is C11H12FN2O2S2+. The van der Waals surface area contributed by atoms with E-state index in [-0.39, 0.29) is 28.6 Å². The number of sulfone groups is 1. The van der Waals surface area contributed by atoms with Gasteiger partial charge in [-0.2, -0.15) is 0 Å². The molecule has 96 valence electrons. The van der Waals surface area contributed by atoms with Gasteiger partial charge in [0, 0.05) is 0 Å². The second-order valence-electron chi connectivity index (χ2n) is 4.49. The van der Waals surface area contributed by atoms with E-state index in [2.05, 4.69) is 0 Å². The van der Waals surface area contributed by atoms with Gasteiger partial charge in [-0.25, -0.2) is 17.4 Å². The van der Waals surface area contributed by atoms with E-state index in [9.17, 15) is 12.8 Å². The number of nitrogens with zero attached hydrogens (tertiary/aromatic N) is 1. The van der Waals surface area contributed by atoms with Gasteiger partial charge in [-0.05, 0) is 36.0 Å². The molecule has 2 N–H and O–H groups in total. The average molecular weight is 287 g/mol. The van der Waals surface area contributed by atoms with Crippen molar-refractivity contribution in [2.24, 2.45) is 5.73 Å². The highest BCUT2D eigenvalue weighted by Crippen LogP contribution is 2.36. The molecule has 3 rings (SSSR count). The number of benzene rings is 1. The van der Waals surface area contributed by atoms with Crippen molar-refractivity contribution in [2.75, 3.05) is 11.5 Å². The van der Waals surface area contributed by atoms with Crippen LogP contribution in [0.15, 0.2) is 24.3 Å². The fourth-order valence-electron chi connectivity index (χ4n) is 2.45. The van der Waals surface area contributed by atoms with Gasteiger partial charge in [-0.3, -0.25) is 5.73 Å². The summed E-state index contributed by atoms with van der Waals surface area (Å²) in [5.74, 6) is -0.0384. The first-order chi connectivity index (χ1) is 8.46. The summed E-state index contributed by atoms with van der Waals surface area (Å²) in [6.45, 7) is 0. The maximum atomic E-state index is 12.9. The Hall–Kier alpha value is -1.08. The van der Waals surface area contributed by atoms with Gasteiger partial charge in [0.25, 0.3) is 0 Å². The molecule has 4 nitrogen and oxygen atoms in total. The lowest BCUT2D eigenvalue weighted by Crippen LogP contribution is -2.29. The number of fused-ring (bicyclic) bond motifs is 1. The summed E-state index contributed by atoms with van der Waals surface area (Å²) < 4.78 is 38.0.